The van der Waals surface area contributed by atoms with Crippen LogP contribution in [0.3, 0.4) is 0 Å². The number of thiophene rings is 1. The van der Waals surface area contributed by atoms with Gasteiger partial charge in [-0.15, -0.1) is 52.7 Å². The van der Waals surface area contributed by atoms with Gasteiger partial charge < -0.3 is 19.1 Å². The number of pyridine rings is 1. The third-order valence-corrected chi connectivity index (χ3v) is 9.61. The van der Waals surface area contributed by atoms with Crippen molar-refractivity contribution in [1.29, 1.82) is 0 Å². The van der Waals surface area contributed by atoms with Crippen molar-refractivity contribution in [2.24, 2.45) is 0 Å². The fourth-order valence-electron chi connectivity index (χ4n) is 6.49. The average molecular weight is 795 g/mol. The molecular weight excluding hydrogens is 768 g/mol. The molecule has 0 unspecified atom stereocenters. The van der Waals surface area contributed by atoms with Crippen molar-refractivity contribution in [1.82, 2.24) is 9.55 Å². The van der Waals surface area contributed by atoms with Crippen LogP contribution in [0, 0.1) is 18.8 Å². The summed E-state index contributed by atoms with van der Waals surface area (Å²) in [5, 5.41) is 4.77. The Bertz CT molecular complexity index is 2400. The van der Waals surface area contributed by atoms with Crippen LogP contribution < -0.4 is 14.5 Å². The number of nitrogens with zero attached hydrogens (tertiary/aromatic N) is 4. The van der Waals surface area contributed by atoms with Crippen molar-refractivity contribution in [3.8, 4) is 17.3 Å². The van der Waals surface area contributed by atoms with Crippen LogP contribution in [0.2, 0.25) is 0 Å². The topological polar surface area (TPSA) is 33.5 Å². The van der Waals surface area contributed by atoms with Crippen LogP contribution in [0.4, 0.5) is 17.1 Å². The molecule has 0 saturated carbocycles. The maximum Gasteiger partial charge on any atom is 0.135 e. The van der Waals surface area contributed by atoms with Crippen molar-refractivity contribution in [3.05, 3.63) is 134 Å². The Morgan fingerprint density at radius 1 is 0.717 bits per heavy atom. The summed E-state index contributed by atoms with van der Waals surface area (Å²) in [6.45, 7) is 6.54. The van der Waals surface area contributed by atoms with Crippen LogP contribution in [0.5, 0.6) is 11.5 Å². The number of aromatic nitrogens is 2. The van der Waals surface area contributed by atoms with E-state index in [0.717, 1.165) is 33.6 Å². The monoisotopic (exact) mass is 794 g/mol. The molecule has 0 bridgehead atoms. The minimum atomic E-state index is 0. The van der Waals surface area contributed by atoms with Crippen molar-refractivity contribution >= 4 is 70.4 Å². The molecule has 0 saturated heterocycles. The summed E-state index contributed by atoms with van der Waals surface area (Å²) >= 11 is 1.82. The molecule has 1 aliphatic rings. The standard InChI is InChI=1S/C39H27N4OS.Pt/c1-25(2)41-24-42(33-14-5-4-13-32(33)41)26-10-9-11-27(22-26)44-28-17-18-29-30-19-20-36-38(31-12-3-6-15-35(31)45-36)39(30)43(34(29)23-28)37-16-7-8-21-40-37;/h3-21,24-25H,1-2H3;/q-3;. The van der Waals surface area contributed by atoms with Crippen LogP contribution in [0.25, 0.3) is 47.8 Å². The summed E-state index contributed by atoms with van der Waals surface area (Å²) in [5.41, 5.74) is 5.28. The first-order chi connectivity index (χ1) is 22.1. The SMILES string of the molecule is CC(C)N1[CH-]N(c2[c-]c(Oc3[c-]c4c(cc3)c3ccc5sc6ccccc6c5c3n4-c3ccccn3)ccc2)c2ccccc21.[Pt]. The van der Waals surface area contributed by atoms with Crippen LogP contribution in [-0.2, 0) is 21.1 Å². The molecule has 0 radical (unpaired) electrons. The fourth-order valence-corrected chi connectivity index (χ4v) is 7.59. The van der Waals surface area contributed by atoms with Crippen LogP contribution in [-0.4, -0.2) is 15.6 Å². The Hall–Kier alpha value is -4.64. The molecule has 0 spiro atoms. The van der Waals surface area contributed by atoms with Gasteiger partial charge in [0, 0.05) is 70.3 Å². The number of hydrogen-bond donors (Lipinski definition) is 0. The molecule has 0 atom stereocenters. The van der Waals surface area contributed by atoms with Crippen molar-refractivity contribution in [2.75, 3.05) is 9.80 Å². The van der Waals surface area contributed by atoms with Crippen molar-refractivity contribution in [3.63, 3.8) is 0 Å². The second-order valence-electron chi connectivity index (χ2n) is 11.5. The summed E-state index contributed by atoms with van der Waals surface area (Å²) in [5.74, 6) is 2.10. The zero-order valence-corrected chi connectivity index (χ0v) is 28.1. The maximum absolute atomic E-state index is 6.48. The third-order valence-electron chi connectivity index (χ3n) is 8.48. The van der Waals surface area contributed by atoms with E-state index < -0.39 is 0 Å². The first-order valence-corrected chi connectivity index (χ1v) is 15.9. The first-order valence-electron chi connectivity index (χ1n) is 15.1. The number of ether oxygens (including phenoxy) is 1. The smallest absolute Gasteiger partial charge is 0.135 e. The second-order valence-corrected chi connectivity index (χ2v) is 12.6. The first kappa shape index (κ1) is 28.8. The van der Waals surface area contributed by atoms with E-state index in [4.69, 9.17) is 9.72 Å². The van der Waals surface area contributed by atoms with Crippen LogP contribution >= 0.6 is 11.3 Å². The Morgan fingerprint density at radius 3 is 2.35 bits per heavy atom. The summed E-state index contributed by atoms with van der Waals surface area (Å²) < 4.78 is 11.2. The number of fused-ring (bicyclic) bond motifs is 8. The molecule has 7 heteroatoms. The molecule has 9 rings (SSSR count). The van der Waals surface area contributed by atoms with Gasteiger partial charge in [-0.05, 0) is 61.7 Å². The Kier molecular flexibility index (Phi) is 7.08. The van der Waals surface area contributed by atoms with Gasteiger partial charge in [0.1, 0.15) is 5.82 Å². The largest absolute Gasteiger partial charge is 0.509 e. The molecule has 4 heterocycles. The molecule has 8 aromatic rings. The van der Waals surface area contributed by atoms with Crippen LogP contribution in [0.15, 0.2) is 115 Å². The van der Waals surface area contributed by atoms with Gasteiger partial charge in [0.2, 0.25) is 0 Å². The summed E-state index contributed by atoms with van der Waals surface area (Å²) in [6, 6.07) is 45.2. The van der Waals surface area contributed by atoms with E-state index in [-0.39, 0.29) is 21.1 Å². The van der Waals surface area contributed by atoms with E-state index in [9.17, 15) is 0 Å². The molecule has 0 fully saturated rings. The molecule has 46 heavy (non-hydrogen) atoms. The van der Waals surface area contributed by atoms with Crippen LogP contribution in [0.1, 0.15) is 13.8 Å². The van der Waals surface area contributed by atoms with Gasteiger partial charge in [0.25, 0.3) is 0 Å². The van der Waals surface area contributed by atoms with Crippen molar-refractivity contribution in [2.45, 2.75) is 19.9 Å². The Balaban J connectivity index is 0.00000312. The van der Waals surface area contributed by atoms with Crippen molar-refractivity contribution < 1.29 is 25.8 Å². The molecule has 228 valence electrons. The quantitative estimate of drug-likeness (QED) is 0.163. The van der Waals surface area contributed by atoms with Gasteiger partial charge in [0.15, 0.2) is 0 Å². The predicted octanol–water partition coefficient (Wildman–Crippen LogP) is 10.4. The fraction of sp³-hybridized carbons (Fsp3) is 0.0769. The van der Waals surface area contributed by atoms with E-state index in [2.05, 4.69) is 126 Å². The molecule has 0 aliphatic carbocycles. The Labute approximate surface area is 285 Å². The molecule has 0 amide bonds. The molecule has 3 aromatic heterocycles. The number of hydrogen-bond acceptors (Lipinski definition) is 5. The van der Waals surface area contributed by atoms with E-state index in [1.165, 1.54) is 31.2 Å². The number of anilines is 3. The molecule has 1 aliphatic heterocycles. The number of para-hydroxylation sites is 2. The minimum absolute atomic E-state index is 0. The number of rotatable bonds is 5. The number of benzene rings is 5. The molecular formula is C39H27N4OPtS-3. The maximum atomic E-state index is 6.48. The average Bonchev–Trinajstić information content (AvgIpc) is 3.75. The molecule has 5 aromatic carbocycles. The molecule has 5 nitrogen and oxygen atoms in total. The normalized spacial score (nSPS) is 12.8. The van der Waals surface area contributed by atoms with Gasteiger partial charge in [-0.1, -0.05) is 48.0 Å². The minimum Gasteiger partial charge on any atom is -0.509 e. The van der Waals surface area contributed by atoms with Gasteiger partial charge >= 0.3 is 0 Å². The summed E-state index contributed by atoms with van der Waals surface area (Å²) in [6.07, 6.45) is 1.84. The van der Waals surface area contributed by atoms with Gasteiger partial charge in [0.05, 0.1) is 5.52 Å². The van der Waals surface area contributed by atoms with Gasteiger partial charge in [-0.2, -0.15) is 18.8 Å². The van der Waals surface area contributed by atoms with Gasteiger partial charge in [-0.3, -0.25) is 0 Å². The van der Waals surface area contributed by atoms with Gasteiger partial charge in [-0.25, -0.2) is 4.98 Å². The Morgan fingerprint density at radius 2 is 1.50 bits per heavy atom. The van der Waals surface area contributed by atoms with E-state index in [1.54, 1.807) is 0 Å². The van der Waals surface area contributed by atoms with E-state index in [1.807, 2.05) is 47.9 Å². The zero-order chi connectivity index (χ0) is 30.1. The predicted molar refractivity (Wildman–Crippen MR) is 186 cm³/mol. The zero-order valence-electron chi connectivity index (χ0n) is 25.0. The van der Waals surface area contributed by atoms with E-state index >= 15 is 0 Å². The summed E-state index contributed by atoms with van der Waals surface area (Å²) in [4.78, 5) is 9.24. The van der Waals surface area contributed by atoms with E-state index in [0.29, 0.717) is 17.5 Å². The second kappa shape index (κ2) is 11.3. The summed E-state index contributed by atoms with van der Waals surface area (Å²) in [7, 11) is 0. The molecule has 0 N–H and O–H groups in total. The third kappa shape index (κ3) is 4.51.